The molecule has 4 rings (SSSR count). The largest absolute Gasteiger partial charge is 0.363 e. The molecule has 7 nitrogen and oxygen atoms in total. The first kappa shape index (κ1) is 14.4. The smallest absolute Gasteiger partial charge is 0.255 e. The Bertz CT molecular complexity index is 660. The highest BCUT2D eigenvalue weighted by molar-refractivity contribution is 5.95. The van der Waals surface area contributed by atoms with Crippen LogP contribution in [0.2, 0.25) is 0 Å². The summed E-state index contributed by atoms with van der Waals surface area (Å²) in [5, 5.41) is 0. The van der Waals surface area contributed by atoms with Gasteiger partial charge in [-0.25, -0.2) is 4.98 Å². The molecule has 23 heavy (non-hydrogen) atoms. The minimum absolute atomic E-state index is 0.0742. The van der Waals surface area contributed by atoms with E-state index < -0.39 is 5.72 Å². The molecule has 1 spiro atoms. The molecule has 0 aromatic carbocycles. The SMILES string of the molecule is CN(C)c1ccc(C(=O)N2CC[C@@]34OCCN3C(=O)C[C@@H]24)cn1. The minimum Gasteiger partial charge on any atom is -0.363 e. The van der Waals surface area contributed by atoms with Gasteiger partial charge in [-0.1, -0.05) is 0 Å². The van der Waals surface area contributed by atoms with E-state index in [2.05, 4.69) is 4.98 Å². The van der Waals surface area contributed by atoms with E-state index in [1.807, 2.05) is 30.0 Å². The van der Waals surface area contributed by atoms with Crippen LogP contribution in [0.15, 0.2) is 18.3 Å². The number of anilines is 1. The Balaban J connectivity index is 1.59. The van der Waals surface area contributed by atoms with Crippen LogP contribution < -0.4 is 4.90 Å². The number of carbonyl (C=O) groups excluding carboxylic acids is 2. The number of hydrogen-bond donors (Lipinski definition) is 0. The van der Waals surface area contributed by atoms with Gasteiger partial charge in [0.2, 0.25) is 5.91 Å². The number of pyridine rings is 1. The van der Waals surface area contributed by atoms with Crippen molar-refractivity contribution in [2.75, 3.05) is 38.7 Å². The van der Waals surface area contributed by atoms with Crippen molar-refractivity contribution in [3.63, 3.8) is 0 Å². The summed E-state index contributed by atoms with van der Waals surface area (Å²) in [6.07, 6.45) is 2.65. The molecule has 2 amide bonds. The Hall–Kier alpha value is -2.15. The second kappa shape index (κ2) is 4.92. The van der Waals surface area contributed by atoms with Gasteiger partial charge < -0.3 is 19.4 Å². The van der Waals surface area contributed by atoms with E-state index in [-0.39, 0.29) is 17.9 Å². The number of amides is 2. The first-order valence-electron chi connectivity index (χ1n) is 7.92. The third-order valence-corrected chi connectivity index (χ3v) is 5.11. The van der Waals surface area contributed by atoms with E-state index in [1.54, 1.807) is 17.2 Å². The Morgan fingerprint density at radius 1 is 1.39 bits per heavy atom. The minimum atomic E-state index is -0.580. The second-order valence-electron chi connectivity index (χ2n) is 6.51. The highest BCUT2D eigenvalue weighted by Gasteiger charge is 2.62. The van der Waals surface area contributed by atoms with Gasteiger partial charge in [-0.2, -0.15) is 0 Å². The van der Waals surface area contributed by atoms with Crippen molar-refractivity contribution in [1.82, 2.24) is 14.8 Å². The predicted octanol–water partition coefficient (Wildman–Crippen LogP) is 0.321. The summed E-state index contributed by atoms with van der Waals surface area (Å²) in [4.78, 5) is 34.8. The topological polar surface area (TPSA) is 66.0 Å². The van der Waals surface area contributed by atoms with Gasteiger partial charge >= 0.3 is 0 Å². The van der Waals surface area contributed by atoms with Crippen molar-refractivity contribution in [2.45, 2.75) is 24.6 Å². The molecular formula is C16H20N4O3. The molecule has 7 heteroatoms. The third-order valence-electron chi connectivity index (χ3n) is 5.11. The van der Waals surface area contributed by atoms with Gasteiger partial charge in [0.25, 0.3) is 5.91 Å². The maximum atomic E-state index is 12.8. The number of ether oxygens (including phenoxy) is 1. The lowest BCUT2D eigenvalue weighted by Gasteiger charge is -2.31. The van der Waals surface area contributed by atoms with Crippen LogP contribution in [0.1, 0.15) is 23.2 Å². The van der Waals surface area contributed by atoms with Crippen LogP contribution in [0.25, 0.3) is 0 Å². The van der Waals surface area contributed by atoms with Gasteiger partial charge in [0.05, 0.1) is 24.6 Å². The van der Waals surface area contributed by atoms with Gasteiger partial charge in [0.1, 0.15) is 5.82 Å². The zero-order valence-electron chi connectivity index (χ0n) is 13.4. The van der Waals surface area contributed by atoms with Crippen molar-refractivity contribution in [3.05, 3.63) is 23.9 Å². The molecule has 0 bridgehead atoms. The van der Waals surface area contributed by atoms with Gasteiger partial charge in [0, 0.05) is 39.8 Å². The van der Waals surface area contributed by atoms with Gasteiger partial charge in [-0.15, -0.1) is 0 Å². The number of rotatable bonds is 2. The maximum Gasteiger partial charge on any atom is 0.255 e. The summed E-state index contributed by atoms with van der Waals surface area (Å²) in [6.45, 7) is 1.81. The van der Waals surface area contributed by atoms with E-state index in [4.69, 9.17) is 4.74 Å². The van der Waals surface area contributed by atoms with Crippen molar-refractivity contribution in [1.29, 1.82) is 0 Å². The lowest BCUT2D eigenvalue weighted by molar-refractivity contribution is -0.136. The lowest BCUT2D eigenvalue weighted by Crippen LogP contribution is -2.48. The number of aromatic nitrogens is 1. The molecule has 2 atom stereocenters. The molecule has 122 valence electrons. The molecule has 1 aromatic rings. The van der Waals surface area contributed by atoms with Crippen LogP contribution in [0, 0.1) is 0 Å². The van der Waals surface area contributed by atoms with E-state index in [0.29, 0.717) is 38.1 Å². The van der Waals surface area contributed by atoms with E-state index in [0.717, 1.165) is 5.82 Å². The highest BCUT2D eigenvalue weighted by Crippen LogP contribution is 2.45. The van der Waals surface area contributed by atoms with Gasteiger partial charge in [-0.3, -0.25) is 9.59 Å². The summed E-state index contributed by atoms with van der Waals surface area (Å²) < 4.78 is 5.91. The predicted molar refractivity (Wildman–Crippen MR) is 83.0 cm³/mol. The van der Waals surface area contributed by atoms with Crippen molar-refractivity contribution in [2.24, 2.45) is 0 Å². The fourth-order valence-corrected chi connectivity index (χ4v) is 3.98. The molecule has 3 aliphatic heterocycles. The number of carbonyl (C=O) groups is 2. The summed E-state index contributed by atoms with van der Waals surface area (Å²) in [6, 6.07) is 3.44. The molecule has 0 aliphatic carbocycles. The number of hydrogen-bond acceptors (Lipinski definition) is 5. The van der Waals surface area contributed by atoms with Crippen molar-refractivity contribution < 1.29 is 14.3 Å². The fourth-order valence-electron chi connectivity index (χ4n) is 3.98. The average molecular weight is 316 g/mol. The number of likely N-dealkylation sites (tertiary alicyclic amines) is 1. The average Bonchev–Trinajstić information content (AvgIpc) is 3.18. The molecule has 3 aliphatic rings. The molecular weight excluding hydrogens is 296 g/mol. The molecule has 3 fully saturated rings. The molecule has 0 unspecified atom stereocenters. The van der Waals surface area contributed by atoms with Crippen LogP contribution in [-0.4, -0.2) is 72.2 Å². The lowest BCUT2D eigenvalue weighted by atomic mass is 10.1. The first-order valence-corrected chi connectivity index (χ1v) is 7.92. The number of nitrogens with zero attached hydrogens (tertiary/aromatic N) is 4. The van der Waals surface area contributed by atoms with Crippen LogP contribution >= 0.6 is 0 Å². The summed E-state index contributed by atoms with van der Waals surface area (Å²) in [7, 11) is 3.81. The van der Waals surface area contributed by atoms with E-state index in [1.165, 1.54) is 0 Å². The summed E-state index contributed by atoms with van der Waals surface area (Å²) in [5.74, 6) is 0.821. The zero-order valence-corrected chi connectivity index (χ0v) is 13.4. The van der Waals surface area contributed by atoms with Gasteiger partial charge in [0.15, 0.2) is 5.72 Å². The molecule has 1 aromatic heterocycles. The van der Waals surface area contributed by atoms with Crippen LogP contribution in [-0.2, 0) is 9.53 Å². The molecule has 0 radical (unpaired) electrons. The summed E-state index contributed by atoms with van der Waals surface area (Å²) in [5.41, 5.74) is -0.0273. The van der Waals surface area contributed by atoms with Crippen molar-refractivity contribution in [3.8, 4) is 0 Å². The maximum absolute atomic E-state index is 12.8. The zero-order chi connectivity index (χ0) is 16.2. The van der Waals surface area contributed by atoms with Crippen molar-refractivity contribution >= 4 is 17.6 Å². The second-order valence-corrected chi connectivity index (χ2v) is 6.51. The Morgan fingerprint density at radius 2 is 2.22 bits per heavy atom. The quantitative estimate of drug-likeness (QED) is 0.786. The standard InChI is InChI=1S/C16H20N4O3/c1-18(2)13-4-3-11(10-17-13)15(22)19-6-5-16-12(19)9-14(21)20(16)7-8-23-16/h3-4,10,12H,5-9H2,1-2H3/t12-,16+/m1/s1. The highest BCUT2D eigenvalue weighted by atomic mass is 16.5. The summed E-state index contributed by atoms with van der Waals surface area (Å²) >= 11 is 0. The molecule has 0 saturated carbocycles. The molecule has 0 N–H and O–H groups in total. The van der Waals surface area contributed by atoms with Crippen LogP contribution in [0.3, 0.4) is 0 Å². The van der Waals surface area contributed by atoms with E-state index >= 15 is 0 Å². The third kappa shape index (κ3) is 1.96. The van der Waals surface area contributed by atoms with Crippen LogP contribution in [0.4, 0.5) is 5.82 Å². The Kier molecular flexibility index (Phi) is 3.09. The molecule has 3 saturated heterocycles. The Labute approximate surface area is 134 Å². The van der Waals surface area contributed by atoms with E-state index in [9.17, 15) is 9.59 Å². The Morgan fingerprint density at radius 3 is 2.91 bits per heavy atom. The molecule has 4 heterocycles. The van der Waals surface area contributed by atoms with Gasteiger partial charge in [-0.05, 0) is 12.1 Å². The first-order chi connectivity index (χ1) is 11.0. The fraction of sp³-hybridized carbons (Fsp3) is 0.562. The van der Waals surface area contributed by atoms with Crippen LogP contribution in [0.5, 0.6) is 0 Å². The monoisotopic (exact) mass is 316 g/mol. The normalized spacial score (nSPS) is 29.0.